The molecule has 0 atom stereocenters. The van der Waals surface area contributed by atoms with Crippen molar-refractivity contribution in [1.82, 2.24) is 0 Å². The highest BCUT2D eigenvalue weighted by atomic mass is 32.1. The second-order valence-electron chi connectivity index (χ2n) is 3.12. The fourth-order valence-electron chi connectivity index (χ4n) is 1.41. The fourth-order valence-corrected chi connectivity index (χ4v) is 2.12. The molecule has 15 heavy (non-hydrogen) atoms. The average Bonchev–Trinajstić information content (AvgIpc) is 2.86. The third-order valence-electron chi connectivity index (χ3n) is 2.14. The van der Waals surface area contributed by atoms with Crippen LogP contribution in [-0.2, 0) is 12.8 Å². The van der Waals surface area contributed by atoms with Gasteiger partial charge in [0.2, 0.25) is 0 Å². The van der Waals surface area contributed by atoms with Crippen molar-refractivity contribution in [2.45, 2.75) is 12.8 Å². The van der Waals surface area contributed by atoms with Gasteiger partial charge in [-0.15, -0.1) is 11.3 Å². The minimum absolute atomic E-state index is 0.159. The van der Waals surface area contributed by atoms with E-state index in [-0.39, 0.29) is 5.56 Å². The lowest BCUT2D eigenvalue weighted by atomic mass is 10.1. The predicted octanol–water partition coefficient (Wildman–Crippen LogP) is 1.49. The molecule has 2 heterocycles. The van der Waals surface area contributed by atoms with Crippen molar-refractivity contribution in [3.63, 3.8) is 0 Å². The first kappa shape index (κ1) is 9.98. The highest BCUT2D eigenvalue weighted by Crippen LogP contribution is 2.16. The molecule has 0 unspecified atom stereocenters. The molecule has 0 aliphatic heterocycles. The number of hydrogen-bond acceptors (Lipinski definition) is 4. The predicted molar refractivity (Wildman–Crippen MR) is 54.8 cm³/mol. The Morgan fingerprint density at radius 1 is 1.40 bits per heavy atom. The molecular formula is C11H9O3S-. The molecule has 0 saturated carbocycles. The van der Waals surface area contributed by atoms with Crippen LogP contribution in [0.1, 0.15) is 21.0 Å². The van der Waals surface area contributed by atoms with Crippen LogP contribution in [-0.4, -0.2) is 5.97 Å². The quantitative estimate of drug-likeness (QED) is 0.786. The first-order valence-corrected chi connectivity index (χ1v) is 5.45. The average molecular weight is 221 g/mol. The van der Waals surface area contributed by atoms with E-state index in [1.54, 1.807) is 11.3 Å². The van der Waals surface area contributed by atoms with Gasteiger partial charge in [-0.25, -0.2) is 0 Å². The van der Waals surface area contributed by atoms with Crippen LogP contribution in [0.2, 0.25) is 0 Å². The van der Waals surface area contributed by atoms with Crippen molar-refractivity contribution in [3.8, 4) is 0 Å². The monoisotopic (exact) mass is 221 g/mol. The number of aryl methyl sites for hydroxylation is 2. The van der Waals surface area contributed by atoms with Crippen molar-refractivity contribution in [1.29, 1.82) is 0 Å². The maximum absolute atomic E-state index is 10.7. The number of thiophene rings is 1. The van der Waals surface area contributed by atoms with Crippen LogP contribution in [0.3, 0.4) is 0 Å². The van der Waals surface area contributed by atoms with Crippen LogP contribution in [0.15, 0.2) is 34.3 Å². The topological polar surface area (TPSA) is 53.3 Å². The highest BCUT2D eigenvalue weighted by Gasteiger charge is 2.07. The molecule has 2 aromatic heterocycles. The molecule has 0 amide bonds. The first-order chi connectivity index (χ1) is 7.27. The highest BCUT2D eigenvalue weighted by molar-refractivity contribution is 7.09. The number of carboxylic acids is 1. The van der Waals surface area contributed by atoms with Gasteiger partial charge in [-0.1, -0.05) is 6.07 Å². The van der Waals surface area contributed by atoms with Gasteiger partial charge in [0.15, 0.2) is 0 Å². The summed E-state index contributed by atoms with van der Waals surface area (Å²) in [6.45, 7) is 0. The molecule has 0 aromatic carbocycles. The Labute approximate surface area is 91.0 Å². The molecule has 78 valence electrons. The number of carbonyl (C=O) groups excluding carboxylic acids is 1. The smallest absolute Gasteiger partial charge is 0.113 e. The molecule has 0 aliphatic carbocycles. The van der Waals surface area contributed by atoms with Gasteiger partial charge in [-0.3, -0.25) is 0 Å². The number of furan rings is 1. The van der Waals surface area contributed by atoms with E-state index in [0.717, 1.165) is 6.42 Å². The van der Waals surface area contributed by atoms with Crippen molar-refractivity contribution in [2.75, 3.05) is 0 Å². The molecule has 0 aliphatic rings. The zero-order valence-electron chi connectivity index (χ0n) is 7.93. The fraction of sp³-hybridized carbons (Fsp3) is 0.182. The molecule has 0 saturated heterocycles. The Morgan fingerprint density at radius 3 is 2.93 bits per heavy atom. The second kappa shape index (κ2) is 4.31. The molecular weight excluding hydrogens is 212 g/mol. The normalized spacial score (nSPS) is 10.4. The summed E-state index contributed by atoms with van der Waals surface area (Å²) in [5.41, 5.74) is 0.159. The third kappa shape index (κ3) is 2.27. The lowest BCUT2D eigenvalue weighted by Gasteiger charge is -2.01. The Balaban J connectivity index is 2.05. The number of aromatic carboxylic acids is 1. The Hall–Kier alpha value is -1.55. The minimum atomic E-state index is -1.18. The lowest BCUT2D eigenvalue weighted by Crippen LogP contribution is -2.22. The van der Waals surface area contributed by atoms with Crippen molar-refractivity contribution in [2.24, 2.45) is 0 Å². The van der Waals surface area contributed by atoms with Gasteiger partial charge in [0, 0.05) is 16.9 Å². The zero-order chi connectivity index (χ0) is 10.7. The van der Waals surface area contributed by atoms with Gasteiger partial charge >= 0.3 is 0 Å². The number of carbonyl (C=O) groups is 1. The summed E-state index contributed by atoms with van der Waals surface area (Å²) in [6.07, 6.45) is 2.77. The van der Waals surface area contributed by atoms with E-state index < -0.39 is 5.97 Å². The van der Waals surface area contributed by atoms with Crippen LogP contribution >= 0.6 is 11.3 Å². The van der Waals surface area contributed by atoms with Gasteiger partial charge in [0.25, 0.3) is 0 Å². The Morgan fingerprint density at radius 2 is 2.27 bits per heavy atom. The lowest BCUT2D eigenvalue weighted by molar-refractivity contribution is -0.255. The largest absolute Gasteiger partial charge is 0.545 e. The standard InChI is InChI=1S/C11H10O3S/c12-11(13)9-5-6-14-10(9)4-3-8-2-1-7-15-8/h1-2,5-7H,3-4H2,(H,12,13)/p-1. The second-order valence-corrected chi connectivity index (χ2v) is 4.16. The van der Waals surface area contributed by atoms with Crippen LogP contribution in [0.25, 0.3) is 0 Å². The minimum Gasteiger partial charge on any atom is -0.545 e. The van der Waals surface area contributed by atoms with Crippen LogP contribution in [0, 0.1) is 0 Å². The number of carboxylic acid groups (broad SMARTS) is 1. The summed E-state index contributed by atoms with van der Waals surface area (Å²) in [6, 6.07) is 5.42. The Bertz CT molecular complexity index is 442. The molecule has 0 N–H and O–H groups in total. The van der Waals surface area contributed by atoms with E-state index in [4.69, 9.17) is 4.42 Å². The molecule has 4 heteroatoms. The van der Waals surface area contributed by atoms with Gasteiger partial charge in [-0.05, 0) is 23.9 Å². The maximum Gasteiger partial charge on any atom is 0.113 e. The van der Waals surface area contributed by atoms with E-state index in [1.807, 2.05) is 17.5 Å². The van der Waals surface area contributed by atoms with Gasteiger partial charge in [-0.2, -0.15) is 0 Å². The molecule has 0 bridgehead atoms. The van der Waals surface area contributed by atoms with Crippen molar-refractivity contribution < 1.29 is 14.3 Å². The summed E-state index contributed by atoms with van der Waals surface area (Å²) in [5.74, 6) is -0.687. The molecule has 0 spiro atoms. The summed E-state index contributed by atoms with van der Waals surface area (Å²) in [7, 11) is 0. The number of hydrogen-bond donors (Lipinski definition) is 0. The molecule has 0 radical (unpaired) electrons. The van der Waals surface area contributed by atoms with Crippen molar-refractivity contribution in [3.05, 3.63) is 46.0 Å². The van der Waals surface area contributed by atoms with Gasteiger partial charge < -0.3 is 14.3 Å². The van der Waals surface area contributed by atoms with E-state index in [2.05, 4.69) is 0 Å². The zero-order valence-corrected chi connectivity index (χ0v) is 8.75. The third-order valence-corrected chi connectivity index (χ3v) is 3.08. The van der Waals surface area contributed by atoms with E-state index in [9.17, 15) is 9.90 Å². The van der Waals surface area contributed by atoms with E-state index >= 15 is 0 Å². The SMILES string of the molecule is O=C([O-])c1ccoc1CCc1cccs1. The van der Waals surface area contributed by atoms with Crippen LogP contribution in [0.4, 0.5) is 0 Å². The summed E-state index contributed by atoms with van der Waals surface area (Å²) < 4.78 is 5.11. The van der Waals surface area contributed by atoms with E-state index in [0.29, 0.717) is 12.2 Å². The summed E-state index contributed by atoms with van der Waals surface area (Å²) in [5, 5.41) is 12.7. The molecule has 3 nitrogen and oxygen atoms in total. The maximum atomic E-state index is 10.7. The van der Waals surface area contributed by atoms with Crippen molar-refractivity contribution >= 4 is 17.3 Å². The summed E-state index contributed by atoms with van der Waals surface area (Å²) in [4.78, 5) is 11.9. The Kier molecular flexibility index (Phi) is 2.87. The first-order valence-electron chi connectivity index (χ1n) is 4.57. The van der Waals surface area contributed by atoms with Gasteiger partial charge in [0.05, 0.1) is 12.2 Å². The van der Waals surface area contributed by atoms with Gasteiger partial charge in [0.1, 0.15) is 5.76 Å². The van der Waals surface area contributed by atoms with Crippen LogP contribution in [0.5, 0.6) is 0 Å². The van der Waals surface area contributed by atoms with Crippen LogP contribution < -0.4 is 5.11 Å². The summed E-state index contributed by atoms with van der Waals surface area (Å²) >= 11 is 1.65. The molecule has 2 rings (SSSR count). The molecule has 0 fully saturated rings. The number of rotatable bonds is 4. The molecule has 2 aromatic rings. The van der Waals surface area contributed by atoms with E-state index in [1.165, 1.54) is 17.2 Å².